The van der Waals surface area contributed by atoms with Crippen LogP contribution in [0.1, 0.15) is 120 Å². The Kier molecular flexibility index (Phi) is 9.73. The number of hydrogen-bond acceptors (Lipinski definition) is 8. The van der Waals surface area contributed by atoms with Gasteiger partial charge in [-0.05, 0) is 106 Å². The fourth-order valence-electron chi connectivity index (χ4n) is 13.1. The van der Waals surface area contributed by atoms with Crippen molar-refractivity contribution in [3.05, 3.63) is 0 Å². The molecule has 11 atom stereocenters. The summed E-state index contributed by atoms with van der Waals surface area (Å²) in [7, 11) is 0. The summed E-state index contributed by atoms with van der Waals surface area (Å²) in [5.74, 6) is -3.89. The lowest BCUT2D eigenvalue weighted by molar-refractivity contribution is -0.252. The molecule has 6 fully saturated rings. The number of halogens is 2. The van der Waals surface area contributed by atoms with Gasteiger partial charge in [-0.1, -0.05) is 34.6 Å². The normalized spacial score (nSPS) is 46.4. The Morgan fingerprint density at radius 3 is 2.12 bits per heavy atom. The molecule has 8 nitrogen and oxygen atoms in total. The van der Waals surface area contributed by atoms with Gasteiger partial charge in [0.2, 0.25) is 0 Å². The van der Waals surface area contributed by atoms with Gasteiger partial charge in [-0.25, -0.2) is 13.6 Å². The largest absolute Gasteiger partial charge is 0.460 e. The SMILES string of the molecule is CCCOCCOCCOCC(=O)O[C@H]1C[C@@H]2[C@]3(CC[C@]4(C)[C@@H]([C@]5(C)CC[C@@H](C(C)(C)O)O5)[C@@H](O)C[C@@]24C)CC32CCC(F)(F)C(C)(C)C12. The second kappa shape index (κ2) is 12.6. The number of esters is 1. The average molecular weight is 699 g/mol. The monoisotopic (exact) mass is 698 g/mol. The third-order valence-corrected chi connectivity index (χ3v) is 15.4. The maximum absolute atomic E-state index is 15.8. The molecule has 6 rings (SSSR count). The van der Waals surface area contributed by atoms with E-state index >= 15 is 8.78 Å². The molecule has 0 radical (unpaired) electrons. The lowest BCUT2D eigenvalue weighted by Gasteiger charge is -2.65. The molecule has 1 saturated heterocycles. The molecule has 282 valence electrons. The highest BCUT2D eigenvalue weighted by molar-refractivity contribution is 5.71. The molecule has 5 aliphatic carbocycles. The van der Waals surface area contributed by atoms with E-state index in [9.17, 15) is 15.0 Å². The van der Waals surface area contributed by atoms with E-state index in [0.717, 1.165) is 38.5 Å². The Bertz CT molecular complexity index is 1240. The summed E-state index contributed by atoms with van der Waals surface area (Å²) in [4.78, 5) is 13.4. The summed E-state index contributed by atoms with van der Waals surface area (Å²) < 4.78 is 61.2. The average Bonchev–Trinajstić information content (AvgIpc) is 3.37. The zero-order valence-corrected chi connectivity index (χ0v) is 31.4. The van der Waals surface area contributed by atoms with Crippen LogP contribution in [-0.2, 0) is 28.5 Å². The van der Waals surface area contributed by atoms with Crippen LogP contribution in [0.4, 0.5) is 8.78 Å². The summed E-state index contributed by atoms with van der Waals surface area (Å²) in [5, 5.41) is 22.8. The van der Waals surface area contributed by atoms with Crippen molar-refractivity contribution in [3.63, 3.8) is 0 Å². The van der Waals surface area contributed by atoms with Crippen molar-refractivity contribution < 1.29 is 47.5 Å². The van der Waals surface area contributed by atoms with E-state index in [-0.39, 0.29) is 59.2 Å². The van der Waals surface area contributed by atoms with Crippen molar-refractivity contribution in [1.29, 1.82) is 0 Å². The van der Waals surface area contributed by atoms with Crippen molar-refractivity contribution in [3.8, 4) is 0 Å². The maximum Gasteiger partial charge on any atom is 0.332 e. The van der Waals surface area contributed by atoms with Crippen molar-refractivity contribution in [2.75, 3.05) is 39.6 Å². The van der Waals surface area contributed by atoms with Gasteiger partial charge in [0.15, 0.2) is 0 Å². The van der Waals surface area contributed by atoms with Gasteiger partial charge in [0.05, 0.1) is 49.8 Å². The fourth-order valence-corrected chi connectivity index (χ4v) is 13.1. The van der Waals surface area contributed by atoms with Crippen molar-refractivity contribution >= 4 is 5.97 Å². The number of ether oxygens (including phenoxy) is 5. The molecule has 49 heavy (non-hydrogen) atoms. The van der Waals surface area contributed by atoms with Crippen LogP contribution in [0.15, 0.2) is 0 Å². The first kappa shape index (κ1) is 37.8. The van der Waals surface area contributed by atoms with Crippen molar-refractivity contribution in [1.82, 2.24) is 0 Å². The number of carbonyl (C=O) groups excluding carboxylic acids is 1. The molecule has 10 heteroatoms. The molecule has 0 bridgehead atoms. The molecule has 2 spiro atoms. The van der Waals surface area contributed by atoms with E-state index in [1.54, 1.807) is 27.7 Å². The topological polar surface area (TPSA) is 104 Å². The van der Waals surface area contributed by atoms with Crippen LogP contribution in [0.5, 0.6) is 0 Å². The van der Waals surface area contributed by atoms with Crippen LogP contribution < -0.4 is 0 Å². The number of carbonyl (C=O) groups is 1. The first-order valence-electron chi connectivity index (χ1n) is 19.1. The second-order valence-electron chi connectivity index (χ2n) is 18.7. The van der Waals surface area contributed by atoms with Crippen LogP contribution in [0.3, 0.4) is 0 Å². The summed E-state index contributed by atoms with van der Waals surface area (Å²) in [6.07, 6.45) is 4.95. The van der Waals surface area contributed by atoms with Gasteiger partial charge in [-0.2, -0.15) is 0 Å². The minimum Gasteiger partial charge on any atom is -0.460 e. The van der Waals surface area contributed by atoms with E-state index in [1.807, 2.05) is 6.92 Å². The molecule has 0 aromatic rings. The lowest BCUT2D eigenvalue weighted by atomic mass is 9.41. The quantitative estimate of drug-likeness (QED) is 0.162. The summed E-state index contributed by atoms with van der Waals surface area (Å²) in [6, 6.07) is 0. The Morgan fingerprint density at radius 1 is 0.857 bits per heavy atom. The minimum atomic E-state index is -2.87. The Hall–Kier alpha value is -0.910. The lowest BCUT2D eigenvalue weighted by Crippen LogP contribution is -2.64. The van der Waals surface area contributed by atoms with Gasteiger partial charge in [0.25, 0.3) is 5.92 Å². The van der Waals surface area contributed by atoms with Gasteiger partial charge in [-0.15, -0.1) is 0 Å². The number of aliphatic hydroxyl groups is 2. The highest BCUT2D eigenvalue weighted by atomic mass is 19.3. The van der Waals surface area contributed by atoms with E-state index < -0.39 is 46.6 Å². The molecule has 5 saturated carbocycles. The predicted octanol–water partition coefficient (Wildman–Crippen LogP) is 6.72. The Balaban J connectivity index is 1.23. The van der Waals surface area contributed by atoms with Crippen molar-refractivity contribution in [2.45, 2.75) is 155 Å². The Morgan fingerprint density at radius 2 is 1.49 bits per heavy atom. The van der Waals surface area contributed by atoms with E-state index in [1.165, 1.54) is 0 Å². The molecule has 0 amide bonds. The van der Waals surface area contributed by atoms with Gasteiger partial charge >= 0.3 is 5.97 Å². The van der Waals surface area contributed by atoms with E-state index in [0.29, 0.717) is 45.7 Å². The molecule has 0 aromatic carbocycles. The molecule has 6 aliphatic rings. The highest BCUT2D eigenvalue weighted by Gasteiger charge is 2.86. The van der Waals surface area contributed by atoms with Gasteiger partial charge in [0.1, 0.15) is 12.7 Å². The molecular weight excluding hydrogens is 634 g/mol. The number of fused-ring (bicyclic) bond motifs is 2. The number of hydrogen-bond donors (Lipinski definition) is 2. The first-order valence-corrected chi connectivity index (χ1v) is 19.1. The fraction of sp³-hybridized carbons (Fsp3) is 0.974. The Labute approximate surface area is 292 Å². The summed E-state index contributed by atoms with van der Waals surface area (Å²) in [5.41, 5.74) is -3.94. The first-order chi connectivity index (χ1) is 22.7. The second-order valence-corrected chi connectivity index (χ2v) is 18.7. The smallest absolute Gasteiger partial charge is 0.332 e. The number of alkyl halides is 2. The van der Waals surface area contributed by atoms with Crippen LogP contribution >= 0.6 is 0 Å². The van der Waals surface area contributed by atoms with Crippen LogP contribution in [0, 0.1) is 44.8 Å². The molecule has 2 unspecified atom stereocenters. The minimum absolute atomic E-state index is 0.106. The van der Waals surface area contributed by atoms with E-state index in [4.69, 9.17) is 23.7 Å². The highest BCUT2D eigenvalue weighted by Crippen LogP contribution is 2.90. The predicted molar refractivity (Wildman–Crippen MR) is 180 cm³/mol. The van der Waals surface area contributed by atoms with E-state index in [2.05, 4.69) is 20.8 Å². The standard InChI is InChI=1S/C39H64F2O8/c1-9-16-45-17-18-46-19-20-47-23-29(43)48-26-21-27-35(7)22-25(42)30(36(8)11-10-28(49-36)33(4,5)44)34(35,6)12-13-37(27)24-38(37)14-15-39(40,41)32(2,3)31(26)38/h25-28,30-31,42,44H,9-24H2,1-8H3/t25-,26-,27-,28-,30-,31?,34+,35-,36-,37-,38?/m0/s1. The molecule has 0 aromatic heterocycles. The zero-order chi connectivity index (χ0) is 35.9. The number of aliphatic hydroxyl groups excluding tert-OH is 1. The summed E-state index contributed by atoms with van der Waals surface area (Å²) in [6.45, 7) is 17.7. The van der Waals surface area contributed by atoms with Crippen LogP contribution in [-0.4, -0.2) is 91.3 Å². The number of rotatable bonds is 13. The maximum atomic E-state index is 15.8. The van der Waals surface area contributed by atoms with Gasteiger partial charge in [-0.3, -0.25) is 0 Å². The summed E-state index contributed by atoms with van der Waals surface area (Å²) >= 11 is 0. The molecule has 1 aliphatic heterocycles. The van der Waals surface area contributed by atoms with Crippen molar-refractivity contribution in [2.24, 2.45) is 44.8 Å². The van der Waals surface area contributed by atoms with Gasteiger partial charge < -0.3 is 33.9 Å². The molecule has 2 N–H and O–H groups in total. The van der Waals surface area contributed by atoms with Crippen LogP contribution in [0.25, 0.3) is 0 Å². The molecule has 1 heterocycles. The zero-order valence-electron chi connectivity index (χ0n) is 31.4. The molecular formula is C39H64F2O8. The third-order valence-electron chi connectivity index (χ3n) is 15.4. The third kappa shape index (κ3) is 5.75. The van der Waals surface area contributed by atoms with Gasteiger partial charge in [0, 0.05) is 30.3 Å². The van der Waals surface area contributed by atoms with Crippen LogP contribution in [0.2, 0.25) is 0 Å².